The molecule has 2 aromatic carbocycles. The number of halogens is 3. The van der Waals surface area contributed by atoms with Crippen LogP contribution < -0.4 is 15.6 Å². The van der Waals surface area contributed by atoms with E-state index in [0.29, 0.717) is 24.7 Å². The number of benzene rings is 2. The van der Waals surface area contributed by atoms with Crippen LogP contribution >= 0.6 is 11.8 Å². The molecule has 1 fully saturated rings. The standard InChI is InChI=1S/C18H23F3N4O7.C14H12S/c1-12(18(19,20)21)24-10-22-25-3-2-13(26)15(14(25)16(24)27)31-11-32-17(28)30-9-6-23-4-7-29-8-5-23;1-2-7-13-10-15-14-8-4-3-6-12(14)9-11(13)5-1/h2-3,12,22H,4-11H2,1H3;1-8H,9-10H2/t12-;/m1./s1. The van der Waals surface area contributed by atoms with Gasteiger partial charge in [-0.1, -0.05) is 42.5 Å². The molecule has 0 saturated carbocycles. The Bertz CT molecular complexity index is 1570. The second-order valence-corrected chi connectivity index (χ2v) is 11.9. The van der Waals surface area contributed by atoms with Gasteiger partial charge in [0.2, 0.25) is 18.0 Å². The van der Waals surface area contributed by atoms with Crippen LogP contribution in [0.15, 0.2) is 70.5 Å². The number of hydrogen-bond acceptors (Lipinski definition) is 10. The Morgan fingerprint density at radius 1 is 1.00 bits per heavy atom. The molecule has 47 heavy (non-hydrogen) atoms. The molecule has 252 valence electrons. The van der Waals surface area contributed by atoms with Crippen LogP contribution in [0.3, 0.4) is 0 Å². The number of aromatic nitrogens is 1. The number of carbonyl (C=O) groups is 2. The van der Waals surface area contributed by atoms with Gasteiger partial charge in [-0.25, -0.2) is 4.79 Å². The van der Waals surface area contributed by atoms with Gasteiger partial charge in [-0.05, 0) is 36.1 Å². The van der Waals surface area contributed by atoms with E-state index in [9.17, 15) is 27.6 Å². The van der Waals surface area contributed by atoms with Gasteiger partial charge in [0.15, 0.2) is 5.69 Å². The van der Waals surface area contributed by atoms with Gasteiger partial charge >= 0.3 is 12.3 Å². The Morgan fingerprint density at radius 2 is 1.70 bits per heavy atom. The van der Waals surface area contributed by atoms with Gasteiger partial charge in [-0.2, -0.15) is 13.2 Å². The van der Waals surface area contributed by atoms with Crippen molar-refractivity contribution in [2.24, 2.45) is 0 Å². The fourth-order valence-electron chi connectivity index (χ4n) is 5.12. The van der Waals surface area contributed by atoms with Crippen molar-refractivity contribution in [2.75, 3.05) is 58.3 Å². The van der Waals surface area contributed by atoms with E-state index < -0.39 is 54.6 Å². The van der Waals surface area contributed by atoms with Gasteiger partial charge in [0.25, 0.3) is 5.91 Å². The van der Waals surface area contributed by atoms with Crippen LogP contribution in [0.4, 0.5) is 18.0 Å². The first-order chi connectivity index (χ1) is 22.6. The number of alkyl halides is 3. The summed E-state index contributed by atoms with van der Waals surface area (Å²) < 4.78 is 60.3. The summed E-state index contributed by atoms with van der Waals surface area (Å²) in [7, 11) is 0. The Hall–Kier alpha value is -4.21. The van der Waals surface area contributed by atoms with Crippen LogP contribution in [0, 0.1) is 0 Å². The van der Waals surface area contributed by atoms with Crippen molar-refractivity contribution in [3.05, 3.63) is 93.4 Å². The van der Waals surface area contributed by atoms with E-state index in [1.807, 2.05) is 16.7 Å². The quantitative estimate of drug-likeness (QED) is 0.285. The minimum Gasteiger partial charge on any atom is -0.451 e. The molecular weight excluding hydrogens is 641 g/mol. The normalized spacial score (nSPS) is 16.6. The summed E-state index contributed by atoms with van der Waals surface area (Å²) in [6.07, 6.45) is -3.44. The van der Waals surface area contributed by atoms with Crippen LogP contribution in [0.5, 0.6) is 5.75 Å². The number of rotatable bonds is 7. The summed E-state index contributed by atoms with van der Waals surface area (Å²) in [6, 6.07) is 16.4. The van der Waals surface area contributed by atoms with E-state index in [1.165, 1.54) is 27.8 Å². The summed E-state index contributed by atoms with van der Waals surface area (Å²) in [5.41, 5.74) is 5.80. The molecule has 3 aromatic rings. The second-order valence-electron chi connectivity index (χ2n) is 10.8. The number of amides is 1. The number of fused-ring (bicyclic) bond motifs is 3. The predicted molar refractivity (Wildman–Crippen MR) is 167 cm³/mol. The van der Waals surface area contributed by atoms with Crippen LogP contribution in [-0.4, -0.2) is 91.7 Å². The van der Waals surface area contributed by atoms with Gasteiger partial charge < -0.3 is 29.3 Å². The summed E-state index contributed by atoms with van der Waals surface area (Å²) >= 11 is 1.95. The molecule has 15 heteroatoms. The van der Waals surface area contributed by atoms with Gasteiger partial charge in [-0.3, -0.25) is 19.2 Å². The lowest BCUT2D eigenvalue weighted by Crippen LogP contribution is -2.54. The third-order valence-corrected chi connectivity index (χ3v) is 9.00. The first-order valence-corrected chi connectivity index (χ1v) is 16.0. The molecule has 11 nitrogen and oxygen atoms in total. The lowest BCUT2D eigenvalue weighted by atomic mass is 10.0. The van der Waals surface area contributed by atoms with Crippen molar-refractivity contribution in [1.29, 1.82) is 0 Å². The molecule has 6 rings (SSSR count). The molecule has 0 bridgehead atoms. The molecule has 1 aromatic heterocycles. The van der Waals surface area contributed by atoms with E-state index >= 15 is 0 Å². The van der Waals surface area contributed by atoms with Crippen molar-refractivity contribution in [2.45, 2.75) is 36.2 Å². The average molecular weight is 677 g/mol. The number of carbonyl (C=O) groups excluding carboxylic acids is 2. The highest BCUT2D eigenvalue weighted by atomic mass is 32.2. The van der Waals surface area contributed by atoms with Crippen molar-refractivity contribution in [1.82, 2.24) is 14.5 Å². The zero-order valence-electron chi connectivity index (χ0n) is 25.7. The van der Waals surface area contributed by atoms with Crippen LogP contribution in [-0.2, 0) is 26.4 Å². The van der Waals surface area contributed by atoms with E-state index in [4.69, 9.17) is 18.9 Å². The summed E-state index contributed by atoms with van der Waals surface area (Å²) in [6.45, 7) is 2.81. The van der Waals surface area contributed by atoms with Crippen molar-refractivity contribution in [3.63, 3.8) is 0 Å². The average Bonchev–Trinajstić information content (AvgIpc) is 3.25. The molecule has 0 spiro atoms. The van der Waals surface area contributed by atoms with Crippen molar-refractivity contribution < 1.29 is 41.7 Å². The monoisotopic (exact) mass is 676 g/mol. The topological polar surface area (TPSA) is 112 Å². The molecule has 0 unspecified atom stereocenters. The third kappa shape index (κ3) is 8.78. The minimum atomic E-state index is -4.66. The van der Waals surface area contributed by atoms with E-state index in [2.05, 4.69) is 54.0 Å². The van der Waals surface area contributed by atoms with Crippen molar-refractivity contribution in [3.8, 4) is 5.75 Å². The molecular formula is C32H35F3N4O7S. The number of hydrogen-bond donors (Lipinski definition) is 1. The Labute approximate surface area is 273 Å². The first kappa shape index (κ1) is 34.1. The summed E-state index contributed by atoms with van der Waals surface area (Å²) in [5.74, 6) is -0.507. The molecule has 0 aliphatic carbocycles. The van der Waals surface area contributed by atoms with Crippen LogP contribution in [0.2, 0.25) is 0 Å². The molecule has 0 radical (unpaired) electrons. The zero-order valence-corrected chi connectivity index (χ0v) is 26.5. The van der Waals surface area contributed by atoms with Gasteiger partial charge in [0, 0.05) is 42.5 Å². The second kappa shape index (κ2) is 15.6. The Kier molecular flexibility index (Phi) is 11.3. The fraction of sp³-hybridized carbons (Fsp3) is 0.406. The number of ether oxygens (including phenoxy) is 4. The van der Waals surface area contributed by atoms with E-state index in [-0.39, 0.29) is 6.61 Å². The number of nitrogens with zero attached hydrogens (tertiary/aromatic N) is 3. The minimum absolute atomic E-state index is 0.0644. The smallest absolute Gasteiger partial charge is 0.451 e. The highest BCUT2D eigenvalue weighted by Gasteiger charge is 2.44. The number of thioether (sulfide) groups is 1. The molecule has 1 saturated heterocycles. The fourth-order valence-corrected chi connectivity index (χ4v) is 6.22. The molecule has 4 heterocycles. The van der Waals surface area contributed by atoms with Gasteiger partial charge in [0.1, 0.15) is 19.3 Å². The Balaban J connectivity index is 0.000000238. The summed E-state index contributed by atoms with van der Waals surface area (Å²) in [5, 5.41) is 0. The lowest BCUT2D eigenvalue weighted by Gasteiger charge is -2.36. The molecule has 3 aliphatic heterocycles. The number of pyridine rings is 1. The maximum Gasteiger partial charge on any atom is 0.511 e. The molecule has 1 N–H and O–H groups in total. The SMILES string of the molecule is C[C@@H](N1CNn2ccc(=O)c(OCOC(=O)OCCN3CCOCC3)c2C1=O)C(F)(F)F.c1ccc2c(c1)CSc1ccccc1C2. The van der Waals surface area contributed by atoms with Gasteiger partial charge in [0.05, 0.1) is 13.2 Å². The molecule has 1 atom stereocenters. The molecule has 3 aliphatic rings. The van der Waals surface area contributed by atoms with Crippen LogP contribution in [0.1, 0.15) is 34.1 Å². The van der Waals surface area contributed by atoms with E-state index in [1.54, 1.807) is 0 Å². The largest absolute Gasteiger partial charge is 0.511 e. The lowest BCUT2D eigenvalue weighted by molar-refractivity contribution is -0.172. The highest BCUT2D eigenvalue weighted by Crippen LogP contribution is 2.33. The predicted octanol–water partition coefficient (Wildman–Crippen LogP) is 4.46. The summed E-state index contributed by atoms with van der Waals surface area (Å²) in [4.78, 5) is 40.5. The third-order valence-electron chi connectivity index (χ3n) is 7.84. The van der Waals surface area contributed by atoms with Crippen molar-refractivity contribution >= 4 is 23.8 Å². The highest BCUT2D eigenvalue weighted by molar-refractivity contribution is 7.98. The number of morpholine rings is 1. The molecule has 1 amide bonds. The van der Waals surface area contributed by atoms with E-state index in [0.717, 1.165) is 42.9 Å². The van der Waals surface area contributed by atoms with Gasteiger partial charge in [-0.15, -0.1) is 11.8 Å². The first-order valence-electron chi connectivity index (χ1n) is 15.0. The maximum atomic E-state index is 13.1. The Morgan fingerprint density at radius 3 is 2.45 bits per heavy atom. The zero-order chi connectivity index (χ0) is 33.4. The van der Waals surface area contributed by atoms with Crippen LogP contribution in [0.25, 0.3) is 0 Å². The maximum absolute atomic E-state index is 13.1. The number of nitrogens with one attached hydrogen (secondary N) is 1.